The summed E-state index contributed by atoms with van der Waals surface area (Å²) < 4.78 is 38.7. The molecule has 0 saturated carbocycles. The van der Waals surface area contributed by atoms with Crippen molar-refractivity contribution in [2.24, 2.45) is 15.3 Å². The van der Waals surface area contributed by atoms with Gasteiger partial charge in [0, 0.05) is 0 Å². The van der Waals surface area contributed by atoms with Crippen LogP contribution in [0.4, 0.5) is 0 Å². The lowest BCUT2D eigenvalue weighted by molar-refractivity contribution is 0.371. The number of hydrazone groups is 3. The van der Waals surface area contributed by atoms with Crippen LogP contribution < -0.4 is 18.3 Å². The quantitative estimate of drug-likeness (QED) is 0.0575. The molecule has 3 unspecified atom stereocenters. The zero-order valence-electron chi connectivity index (χ0n) is 28.3. The minimum Gasteiger partial charge on any atom is -0.497 e. The zero-order valence-corrected chi connectivity index (χ0v) is 34.3. The molecule has 2 N–H and O–H groups in total. The lowest BCUT2D eigenvalue weighted by atomic mass is 10.2. The van der Waals surface area contributed by atoms with Gasteiger partial charge in [-0.25, -0.2) is 0 Å². The Morgan fingerprint density at radius 2 is 0.865 bits per heavy atom. The van der Waals surface area contributed by atoms with Crippen molar-refractivity contribution < 1.29 is 32.7 Å². The van der Waals surface area contributed by atoms with Crippen LogP contribution in [0.2, 0.25) is 0 Å². The monoisotopic (exact) mass is 835 g/mol. The molecule has 4 aromatic rings. The maximum absolute atomic E-state index is 11.2. The van der Waals surface area contributed by atoms with Crippen molar-refractivity contribution in [3.63, 3.8) is 0 Å². The van der Waals surface area contributed by atoms with Gasteiger partial charge in [0.15, 0.2) is 17.2 Å². The first-order chi connectivity index (χ1) is 24.8. The molecule has 4 rings (SSSR count). The average Bonchev–Trinajstić information content (AvgIpc) is 3.13. The lowest BCUT2D eigenvalue weighted by Crippen LogP contribution is -2.04. The fourth-order valence-electron chi connectivity index (χ4n) is 3.84. The largest absolute Gasteiger partial charge is 0.540 e. The fourth-order valence-corrected chi connectivity index (χ4v) is 7.35. The number of nitrogens with zero attached hydrogens (tertiary/aromatic N) is 6. The van der Waals surface area contributed by atoms with E-state index in [2.05, 4.69) is 15.3 Å². The van der Waals surface area contributed by atoms with E-state index in [0.29, 0.717) is 22.8 Å². The molecule has 0 spiro atoms. The predicted octanol–water partition coefficient (Wildman–Crippen LogP) is 7.73. The van der Waals surface area contributed by atoms with Crippen molar-refractivity contribution in [3.8, 4) is 23.0 Å². The maximum Gasteiger partial charge on any atom is 0.540 e. The number of ether oxygens (including phenoxy) is 1. The van der Waals surface area contributed by atoms with Gasteiger partial charge in [-0.2, -0.15) is 0 Å². The smallest absolute Gasteiger partial charge is 0.497 e. The molecule has 0 bridgehead atoms. The average molecular weight is 836 g/mol. The van der Waals surface area contributed by atoms with Crippen LogP contribution in [0.3, 0.4) is 0 Å². The second kappa shape index (κ2) is 19.9. The minimum atomic E-state index is -4.14. The molecule has 4 aromatic carbocycles. The third-order valence-electron chi connectivity index (χ3n) is 6.57. The molecule has 270 valence electrons. The predicted molar refractivity (Wildman–Crippen MR) is 219 cm³/mol. The van der Waals surface area contributed by atoms with E-state index in [1.54, 1.807) is 92.9 Å². The Hall–Kier alpha value is -3.80. The summed E-state index contributed by atoms with van der Waals surface area (Å²) in [6.45, 7) is 0. The molecule has 0 aliphatic heterocycles. The Bertz CT molecular complexity index is 1980. The molecule has 13 nitrogen and oxygen atoms in total. The summed E-state index contributed by atoms with van der Waals surface area (Å²) in [5.74, 6) is 2.47. The van der Waals surface area contributed by atoms with Crippen molar-refractivity contribution in [2.45, 2.75) is 6.16 Å². The summed E-state index contributed by atoms with van der Waals surface area (Å²) in [7, 11) is -1.71. The number of hydrogen-bond donors (Lipinski definition) is 2. The normalized spacial score (nSPS) is 12.5. The summed E-state index contributed by atoms with van der Waals surface area (Å²) in [5, 5.41) is 13.2. The van der Waals surface area contributed by atoms with Crippen molar-refractivity contribution in [2.75, 3.05) is 28.3 Å². The van der Waals surface area contributed by atoms with Crippen molar-refractivity contribution >= 4 is 82.9 Å². The summed E-state index contributed by atoms with van der Waals surface area (Å²) >= 11 is 16.5. The van der Waals surface area contributed by atoms with Gasteiger partial charge in [0.1, 0.15) is 5.75 Å². The Morgan fingerprint density at radius 1 is 0.577 bits per heavy atom. The van der Waals surface area contributed by atoms with Crippen LogP contribution >= 0.6 is 28.8 Å². The van der Waals surface area contributed by atoms with Gasteiger partial charge in [0.05, 0.1) is 53.1 Å². The molecule has 0 fully saturated rings. The first-order valence-electron chi connectivity index (χ1n) is 15.0. The van der Waals surface area contributed by atoms with E-state index >= 15 is 0 Å². The molecule has 0 aliphatic rings. The Morgan fingerprint density at radius 3 is 1.15 bits per heavy atom. The number of hydrogen-bond acceptors (Lipinski definition) is 11. The van der Waals surface area contributed by atoms with Gasteiger partial charge in [-0.05, 0) is 107 Å². The topological polar surface area (TPSA) is 141 Å². The second-order valence-electron chi connectivity index (χ2n) is 10.6. The van der Waals surface area contributed by atoms with Crippen LogP contribution in [0, 0.1) is 0 Å². The minimum absolute atomic E-state index is 0.337. The Balaban J connectivity index is 1.21. The van der Waals surface area contributed by atoms with Crippen LogP contribution in [0.15, 0.2) is 112 Å². The molecule has 0 heterocycles. The molecule has 20 heteroatoms. The van der Waals surface area contributed by atoms with E-state index < -0.39 is 28.8 Å². The number of benzene rings is 4. The van der Waals surface area contributed by atoms with Gasteiger partial charge in [-0.15, -0.1) is 15.3 Å². The van der Waals surface area contributed by atoms with Crippen LogP contribution in [0.25, 0.3) is 0 Å². The van der Waals surface area contributed by atoms with Crippen LogP contribution in [-0.2, 0) is 46.1 Å². The van der Waals surface area contributed by atoms with Gasteiger partial charge in [0.25, 0.3) is 0 Å². The van der Waals surface area contributed by atoms with Crippen molar-refractivity contribution in [3.05, 3.63) is 119 Å². The van der Waals surface area contributed by atoms with Crippen molar-refractivity contribution in [1.29, 1.82) is 0 Å². The van der Waals surface area contributed by atoms with E-state index in [0.717, 1.165) is 22.4 Å². The Kier molecular flexibility index (Phi) is 15.7. The fraction of sp³-hybridized carbons (Fsp3) is 0.156. The Labute approximate surface area is 320 Å². The third-order valence-corrected chi connectivity index (χ3v) is 13.0. The highest BCUT2D eigenvalue weighted by atomic mass is 32.4. The van der Waals surface area contributed by atoms with Crippen LogP contribution in [-0.4, -0.2) is 71.0 Å². The highest BCUT2D eigenvalue weighted by molar-refractivity contribution is 8.02. The molecule has 0 aromatic heterocycles. The summed E-state index contributed by atoms with van der Waals surface area (Å²) in [6.07, 6.45) is 4.71. The molecular formula is C32H35N6O7P4S3+3. The molecular weight excluding hydrogens is 800 g/mol. The summed E-state index contributed by atoms with van der Waals surface area (Å²) in [4.78, 5) is 18.3. The van der Waals surface area contributed by atoms with Gasteiger partial charge < -0.3 is 14.5 Å². The van der Waals surface area contributed by atoms with E-state index in [-0.39, 0.29) is 6.16 Å². The van der Waals surface area contributed by atoms with Crippen molar-refractivity contribution in [1.82, 2.24) is 14.3 Å². The first kappa shape index (κ1) is 41.0. The summed E-state index contributed by atoms with van der Waals surface area (Å²) in [5.41, 5.74) is 3.07. The molecule has 0 saturated heterocycles. The maximum atomic E-state index is 11.2. The third kappa shape index (κ3) is 14.0. The molecule has 52 heavy (non-hydrogen) atoms. The van der Waals surface area contributed by atoms with E-state index in [1.165, 1.54) is 4.78 Å². The highest BCUT2D eigenvalue weighted by Gasteiger charge is 2.23. The molecule has 0 radical (unpaired) electrons. The first-order valence-corrected chi connectivity index (χ1v) is 23.5. The number of methoxy groups -OCH3 is 1. The van der Waals surface area contributed by atoms with Gasteiger partial charge in [-0.1, -0.05) is 26.5 Å². The van der Waals surface area contributed by atoms with Crippen LogP contribution in [0.5, 0.6) is 23.0 Å². The second-order valence-corrected chi connectivity index (χ2v) is 18.7. The van der Waals surface area contributed by atoms with Crippen LogP contribution in [0.1, 0.15) is 22.3 Å². The van der Waals surface area contributed by atoms with Gasteiger partial charge in [-0.3, -0.25) is 18.1 Å². The lowest BCUT2D eigenvalue weighted by Gasteiger charge is -2.05. The van der Waals surface area contributed by atoms with E-state index in [1.807, 2.05) is 60.7 Å². The van der Waals surface area contributed by atoms with E-state index in [4.69, 9.17) is 63.5 Å². The standard InChI is InChI=1S/C32H33N6O7P4S3/c1-36(33-21-25-5-13-29(42-4)14-6-25)46(50)43-30-15-7-26(8-16-30)22-34-37(2)47(51)44-31-17-9-27(10-18-31)23-35-38(3)48(52)45-32-19-11-28(12-20-32)24-49(39,40)41/h5-23H,24H2,1-4H3/q+1/p+2/b33-21+,34-22+,35-23+. The van der Waals surface area contributed by atoms with E-state index in [9.17, 15) is 4.57 Å². The van der Waals surface area contributed by atoms with Gasteiger partial charge in [0.2, 0.25) is 35.4 Å². The highest BCUT2D eigenvalue weighted by Crippen LogP contribution is 2.40. The number of rotatable bonds is 18. The molecule has 0 amide bonds. The summed E-state index contributed by atoms with van der Waals surface area (Å²) in [6, 6.07) is 28.6. The SMILES string of the molecule is COc1ccc(/C=N/N(C)[P+](=S)Oc2ccc(/C=N/N(C)[P+](=S)Oc3ccc(/C=N/N(C)[P+](=S)Oc4ccc(CP(=O)(O)O)cc4)cc3)cc2)cc1. The molecule has 3 atom stereocenters. The van der Waals surface area contributed by atoms with Gasteiger partial charge >= 0.3 is 28.8 Å². The zero-order chi connectivity index (χ0) is 37.7. The molecule has 0 aliphatic carbocycles.